The predicted molar refractivity (Wildman–Crippen MR) is 196 cm³/mol. The van der Waals surface area contributed by atoms with E-state index >= 15 is 0 Å². The summed E-state index contributed by atoms with van der Waals surface area (Å²) in [6.07, 6.45) is 5.33. The minimum atomic E-state index is -1.28. The van der Waals surface area contributed by atoms with Crippen LogP contribution < -0.4 is 5.32 Å². The number of carbonyl (C=O) groups excluding carboxylic acids is 4. The maximum absolute atomic E-state index is 14.9. The summed E-state index contributed by atoms with van der Waals surface area (Å²) in [6.45, 7) is 7.95. The largest absolute Gasteiger partial charge is 0.463 e. The number of amides is 3. The van der Waals surface area contributed by atoms with Crippen molar-refractivity contribution < 1.29 is 33.8 Å². The number of nitrogens with zero attached hydrogens (tertiary/aromatic N) is 5. The average Bonchev–Trinajstić information content (AvgIpc) is 3.87. The van der Waals surface area contributed by atoms with Gasteiger partial charge in [-0.05, 0) is 49.8 Å². The number of alkyl halides is 1. The highest BCUT2D eigenvalue weighted by atomic mass is 79.9. The molecule has 6 rings (SSSR count). The van der Waals surface area contributed by atoms with Crippen LogP contribution in [0, 0.1) is 11.8 Å². The average molecular weight is 778 g/mol. The third-order valence-electron chi connectivity index (χ3n) is 10.3. The Balaban J connectivity index is 1.31. The number of rotatable bonds is 18. The molecule has 3 aliphatic heterocycles. The first-order chi connectivity index (χ1) is 25.2. The van der Waals surface area contributed by atoms with Crippen molar-refractivity contribution in [1.82, 2.24) is 30.1 Å². The van der Waals surface area contributed by atoms with Gasteiger partial charge in [-0.2, -0.15) is 0 Å². The summed E-state index contributed by atoms with van der Waals surface area (Å²) in [5, 5.41) is 21.0. The summed E-state index contributed by atoms with van der Waals surface area (Å²) in [7, 11) is 0. The molecular weight excluding hydrogens is 732 g/mol. The van der Waals surface area contributed by atoms with Gasteiger partial charge in [0.25, 0.3) is 0 Å². The first-order valence-electron chi connectivity index (χ1n) is 17.8. The molecule has 52 heavy (non-hydrogen) atoms. The number of ether oxygens (including phenoxy) is 2. The quantitative estimate of drug-likeness (QED) is 0.0852. The molecule has 14 heteroatoms. The molecule has 0 aliphatic carbocycles. The number of hydrogen-bond donors (Lipinski definition) is 2. The molecule has 3 amide bonds. The van der Waals surface area contributed by atoms with E-state index in [1.165, 1.54) is 0 Å². The number of likely N-dealkylation sites (tertiary alicyclic amines) is 1. The number of nitrogens with one attached hydrogen (secondary N) is 1. The lowest BCUT2D eigenvalue weighted by molar-refractivity contribution is -0.149. The number of aliphatic hydroxyl groups is 1. The van der Waals surface area contributed by atoms with Crippen LogP contribution >= 0.6 is 15.9 Å². The zero-order valence-corrected chi connectivity index (χ0v) is 30.6. The van der Waals surface area contributed by atoms with Gasteiger partial charge in [0.1, 0.15) is 30.4 Å². The predicted octanol–water partition coefficient (Wildman–Crippen LogP) is 3.68. The smallest absolute Gasteiger partial charge is 0.306 e. The molecule has 1 unspecified atom stereocenters. The normalized spacial score (nSPS) is 25.2. The Bertz CT molecular complexity index is 1790. The first kappa shape index (κ1) is 37.4. The van der Waals surface area contributed by atoms with Crippen LogP contribution in [-0.2, 0) is 35.3 Å². The second kappa shape index (κ2) is 16.5. The van der Waals surface area contributed by atoms with Gasteiger partial charge in [0.15, 0.2) is 0 Å². The van der Waals surface area contributed by atoms with Crippen LogP contribution in [0.1, 0.15) is 50.1 Å². The molecule has 3 fully saturated rings. The van der Waals surface area contributed by atoms with E-state index in [2.05, 4.69) is 44.7 Å². The summed E-state index contributed by atoms with van der Waals surface area (Å²) < 4.78 is 13.9. The van der Waals surface area contributed by atoms with Crippen LogP contribution in [0.2, 0.25) is 0 Å². The fourth-order valence-corrected chi connectivity index (χ4v) is 8.84. The van der Waals surface area contributed by atoms with Crippen molar-refractivity contribution in [2.75, 3.05) is 26.3 Å². The lowest BCUT2D eigenvalue weighted by Crippen LogP contribution is -2.57. The van der Waals surface area contributed by atoms with E-state index in [0.29, 0.717) is 37.6 Å². The molecule has 0 radical (unpaired) electrons. The first-order valence-corrected chi connectivity index (χ1v) is 18.7. The number of aliphatic hydroxyl groups excluding tert-OH is 1. The molecule has 3 aromatic rings. The van der Waals surface area contributed by atoms with Crippen molar-refractivity contribution >= 4 is 50.7 Å². The molecule has 4 heterocycles. The summed E-state index contributed by atoms with van der Waals surface area (Å²) in [5.74, 6) is -3.34. The fraction of sp³-hybridized carbons (Fsp3) is 0.474. The molecule has 2 bridgehead atoms. The molecule has 2 N–H and O–H groups in total. The van der Waals surface area contributed by atoms with Gasteiger partial charge in [-0.25, -0.2) is 4.68 Å². The molecule has 3 saturated heterocycles. The van der Waals surface area contributed by atoms with Crippen LogP contribution in [-0.4, -0.2) is 102 Å². The summed E-state index contributed by atoms with van der Waals surface area (Å²) in [6, 6.07) is 14.9. The number of carbonyl (C=O) groups is 4. The molecule has 1 aromatic heterocycles. The van der Waals surface area contributed by atoms with Gasteiger partial charge in [-0.3, -0.25) is 19.2 Å². The number of hydrogen-bond acceptors (Lipinski definition) is 9. The number of allylic oxidation sites excluding steroid dienone is 1. The summed E-state index contributed by atoms with van der Waals surface area (Å²) in [4.78, 5) is 59.2. The highest BCUT2D eigenvalue weighted by Gasteiger charge is 2.76. The number of para-hydroxylation sites is 1. The molecule has 2 aromatic carbocycles. The zero-order valence-electron chi connectivity index (χ0n) is 29.0. The number of aromatic nitrogens is 3. The van der Waals surface area contributed by atoms with E-state index in [1.807, 2.05) is 54.6 Å². The molecule has 276 valence electrons. The highest BCUT2D eigenvalue weighted by molar-refractivity contribution is 9.09. The van der Waals surface area contributed by atoms with Gasteiger partial charge >= 0.3 is 5.97 Å². The Hall–Kier alpha value is -4.40. The molecule has 1 spiro atoms. The maximum atomic E-state index is 14.9. The third kappa shape index (κ3) is 7.28. The SMILES string of the molecule is C=CCCC(=O)OC[C@@H](NC(=O)[C@H]1[C@@H]2O[C@@]3(CC2Br)[C@@H]1C(=O)N(CCCCCO)[C@@H]3C(=O)N(CC=C)Cn1nnc2ccccc21)c1ccccc1. The highest BCUT2D eigenvalue weighted by Crippen LogP contribution is 2.60. The zero-order chi connectivity index (χ0) is 36.8. The third-order valence-corrected chi connectivity index (χ3v) is 11.1. The van der Waals surface area contributed by atoms with E-state index in [9.17, 15) is 24.3 Å². The number of esters is 1. The lowest BCUT2D eigenvalue weighted by Gasteiger charge is -2.37. The van der Waals surface area contributed by atoms with E-state index in [-0.39, 0.29) is 56.0 Å². The van der Waals surface area contributed by atoms with Crippen molar-refractivity contribution in [3.63, 3.8) is 0 Å². The number of halogens is 1. The second-order valence-corrected chi connectivity index (χ2v) is 14.7. The van der Waals surface area contributed by atoms with Crippen LogP contribution in [0.15, 0.2) is 79.9 Å². The summed E-state index contributed by atoms with van der Waals surface area (Å²) >= 11 is 3.75. The second-order valence-electron chi connectivity index (χ2n) is 13.5. The van der Waals surface area contributed by atoms with E-state index in [0.717, 1.165) is 11.1 Å². The topological polar surface area (TPSA) is 156 Å². The molecular formula is C38H45BrN6O7. The Morgan fingerprint density at radius 1 is 1.12 bits per heavy atom. The Kier molecular flexibility index (Phi) is 11.9. The van der Waals surface area contributed by atoms with Gasteiger partial charge < -0.3 is 29.7 Å². The lowest BCUT2D eigenvalue weighted by atomic mass is 9.70. The van der Waals surface area contributed by atoms with E-state index in [4.69, 9.17) is 9.47 Å². The van der Waals surface area contributed by atoms with Gasteiger partial charge in [0.05, 0.1) is 29.5 Å². The molecule has 3 aliphatic rings. The Labute approximate surface area is 311 Å². The van der Waals surface area contributed by atoms with Crippen molar-refractivity contribution in [2.24, 2.45) is 11.8 Å². The minimum absolute atomic E-state index is 0.0201. The van der Waals surface area contributed by atoms with Crippen LogP contribution in [0.3, 0.4) is 0 Å². The fourth-order valence-electron chi connectivity index (χ4n) is 7.89. The number of fused-ring (bicyclic) bond motifs is 2. The van der Waals surface area contributed by atoms with Gasteiger partial charge in [0, 0.05) is 30.9 Å². The van der Waals surface area contributed by atoms with Crippen LogP contribution in [0.5, 0.6) is 0 Å². The van der Waals surface area contributed by atoms with E-state index < -0.39 is 47.5 Å². The Morgan fingerprint density at radius 3 is 2.63 bits per heavy atom. The number of unbranched alkanes of at least 4 members (excludes halogenated alkanes) is 2. The summed E-state index contributed by atoms with van der Waals surface area (Å²) in [5.41, 5.74) is 0.884. The minimum Gasteiger partial charge on any atom is -0.463 e. The van der Waals surface area contributed by atoms with Crippen LogP contribution in [0.25, 0.3) is 11.0 Å². The van der Waals surface area contributed by atoms with Crippen molar-refractivity contribution in [1.29, 1.82) is 0 Å². The van der Waals surface area contributed by atoms with E-state index in [1.54, 1.807) is 26.6 Å². The van der Waals surface area contributed by atoms with Gasteiger partial charge in [-0.15, -0.1) is 18.3 Å². The molecule has 0 saturated carbocycles. The van der Waals surface area contributed by atoms with Crippen molar-refractivity contribution in [2.45, 2.75) is 73.8 Å². The maximum Gasteiger partial charge on any atom is 0.306 e. The molecule has 7 atom stereocenters. The Morgan fingerprint density at radius 2 is 1.88 bits per heavy atom. The van der Waals surface area contributed by atoms with Crippen molar-refractivity contribution in [3.8, 4) is 0 Å². The monoisotopic (exact) mass is 776 g/mol. The molecule has 13 nitrogen and oxygen atoms in total. The number of benzene rings is 2. The van der Waals surface area contributed by atoms with Gasteiger partial charge in [-0.1, -0.05) is 75.8 Å². The van der Waals surface area contributed by atoms with Gasteiger partial charge in [0.2, 0.25) is 17.7 Å². The van der Waals surface area contributed by atoms with Crippen molar-refractivity contribution in [3.05, 3.63) is 85.5 Å². The van der Waals surface area contributed by atoms with Crippen LogP contribution in [0.4, 0.5) is 0 Å². The standard InChI is InChI=1S/C38H45BrN6O7/c1-3-5-18-30(47)51-23-28(25-14-8-6-9-15-25)40-35(48)31-32-36(49)44(20-12-7-13-21-46)34(38(32)22-26(39)33(31)52-38)37(50)43(19-4-2)24-45-29-17-11-10-16-27(29)41-42-45/h3-4,6,8-11,14-17,26,28,31-34,46H,1-2,5,7,12-13,18-24H2,(H,40,48)/t26?,28-,31-,32+,33-,34-,38+/m1/s1.